The summed E-state index contributed by atoms with van der Waals surface area (Å²) >= 11 is 3.56. The van der Waals surface area contributed by atoms with Gasteiger partial charge in [0.1, 0.15) is 0 Å². The average molecular weight is 298 g/mol. The molecule has 94 valence electrons. The van der Waals surface area contributed by atoms with Crippen LogP contribution in [0.3, 0.4) is 0 Å². The van der Waals surface area contributed by atoms with Crippen molar-refractivity contribution in [3.63, 3.8) is 0 Å². The van der Waals surface area contributed by atoms with E-state index >= 15 is 0 Å². The SMILES string of the molecule is C[C@@H](NCC1(O)CCCC1)c1ccccc1Br. The molecule has 0 heterocycles. The fraction of sp³-hybridized carbons (Fsp3) is 0.571. The van der Waals surface area contributed by atoms with Gasteiger partial charge >= 0.3 is 0 Å². The van der Waals surface area contributed by atoms with Gasteiger partial charge in [-0.3, -0.25) is 0 Å². The average Bonchev–Trinajstić information content (AvgIpc) is 2.74. The van der Waals surface area contributed by atoms with Crippen LogP contribution in [0.5, 0.6) is 0 Å². The predicted molar refractivity (Wildman–Crippen MR) is 74.0 cm³/mol. The lowest BCUT2D eigenvalue weighted by Gasteiger charge is -2.25. The molecule has 1 saturated carbocycles. The van der Waals surface area contributed by atoms with Gasteiger partial charge in [-0.05, 0) is 31.4 Å². The molecule has 0 aliphatic heterocycles. The van der Waals surface area contributed by atoms with E-state index in [0.717, 1.165) is 30.2 Å². The first-order valence-electron chi connectivity index (χ1n) is 6.31. The highest BCUT2D eigenvalue weighted by molar-refractivity contribution is 9.10. The van der Waals surface area contributed by atoms with Crippen LogP contribution in [0, 0.1) is 0 Å². The summed E-state index contributed by atoms with van der Waals surface area (Å²) in [6, 6.07) is 8.49. The molecule has 1 aliphatic carbocycles. The van der Waals surface area contributed by atoms with Gasteiger partial charge in [-0.1, -0.05) is 47.0 Å². The third kappa shape index (κ3) is 3.30. The van der Waals surface area contributed by atoms with Crippen molar-refractivity contribution in [1.82, 2.24) is 5.32 Å². The van der Waals surface area contributed by atoms with Crippen molar-refractivity contribution >= 4 is 15.9 Å². The van der Waals surface area contributed by atoms with E-state index in [2.05, 4.69) is 40.3 Å². The molecule has 1 fully saturated rings. The Morgan fingerprint density at radius 1 is 1.35 bits per heavy atom. The third-order valence-electron chi connectivity index (χ3n) is 3.64. The molecule has 1 aromatic rings. The summed E-state index contributed by atoms with van der Waals surface area (Å²) in [4.78, 5) is 0. The Bertz CT molecular complexity index is 374. The zero-order chi connectivity index (χ0) is 12.3. The number of rotatable bonds is 4. The van der Waals surface area contributed by atoms with E-state index in [9.17, 15) is 5.11 Å². The van der Waals surface area contributed by atoms with Gasteiger partial charge in [0.15, 0.2) is 0 Å². The molecule has 0 radical (unpaired) electrons. The first-order valence-corrected chi connectivity index (χ1v) is 7.10. The maximum Gasteiger partial charge on any atom is 0.0771 e. The standard InChI is InChI=1S/C14H20BrNO/c1-11(12-6-2-3-7-13(12)15)16-10-14(17)8-4-5-9-14/h2-3,6-7,11,16-17H,4-5,8-10H2,1H3/t11-/m1/s1. The zero-order valence-corrected chi connectivity index (χ0v) is 11.8. The van der Waals surface area contributed by atoms with Crippen LogP contribution in [-0.2, 0) is 0 Å². The Morgan fingerprint density at radius 3 is 2.65 bits per heavy atom. The quantitative estimate of drug-likeness (QED) is 0.893. The van der Waals surface area contributed by atoms with Crippen LogP contribution in [-0.4, -0.2) is 17.3 Å². The Hall–Kier alpha value is -0.380. The maximum absolute atomic E-state index is 10.3. The Kier molecular flexibility index (Phi) is 4.23. The van der Waals surface area contributed by atoms with Crippen LogP contribution >= 0.6 is 15.9 Å². The first kappa shape index (κ1) is 13.1. The van der Waals surface area contributed by atoms with Crippen LogP contribution in [0.4, 0.5) is 0 Å². The van der Waals surface area contributed by atoms with Crippen molar-refractivity contribution < 1.29 is 5.11 Å². The van der Waals surface area contributed by atoms with E-state index in [0.29, 0.717) is 6.54 Å². The molecule has 1 aliphatic rings. The lowest BCUT2D eigenvalue weighted by atomic mass is 10.0. The van der Waals surface area contributed by atoms with E-state index in [1.165, 1.54) is 5.56 Å². The molecule has 0 amide bonds. The van der Waals surface area contributed by atoms with Crippen LogP contribution in [0.1, 0.15) is 44.2 Å². The third-order valence-corrected chi connectivity index (χ3v) is 4.37. The number of benzene rings is 1. The van der Waals surface area contributed by atoms with Crippen LogP contribution < -0.4 is 5.32 Å². The summed E-state index contributed by atoms with van der Waals surface area (Å²) in [5.74, 6) is 0. The van der Waals surface area contributed by atoms with Crippen LogP contribution in [0.2, 0.25) is 0 Å². The number of nitrogens with one attached hydrogen (secondary N) is 1. The number of halogens is 1. The van der Waals surface area contributed by atoms with Crippen molar-refractivity contribution in [1.29, 1.82) is 0 Å². The lowest BCUT2D eigenvalue weighted by molar-refractivity contribution is 0.0453. The summed E-state index contributed by atoms with van der Waals surface area (Å²) in [6.07, 6.45) is 4.18. The van der Waals surface area contributed by atoms with Gasteiger partial charge in [-0.25, -0.2) is 0 Å². The van der Waals surface area contributed by atoms with Gasteiger partial charge < -0.3 is 10.4 Å². The van der Waals surface area contributed by atoms with Crippen LogP contribution in [0.15, 0.2) is 28.7 Å². The molecule has 3 heteroatoms. The summed E-state index contributed by atoms with van der Waals surface area (Å²) in [7, 11) is 0. The molecule has 0 aromatic heterocycles. The molecular formula is C14H20BrNO. The van der Waals surface area contributed by atoms with Crippen molar-refractivity contribution in [2.45, 2.75) is 44.2 Å². The topological polar surface area (TPSA) is 32.3 Å². The van der Waals surface area contributed by atoms with Crippen molar-refractivity contribution in [3.8, 4) is 0 Å². The molecule has 0 saturated heterocycles. The Labute approximate surface area is 112 Å². The van der Waals surface area contributed by atoms with Gasteiger partial charge in [0, 0.05) is 17.1 Å². The van der Waals surface area contributed by atoms with E-state index < -0.39 is 5.60 Å². The zero-order valence-electron chi connectivity index (χ0n) is 10.2. The number of aliphatic hydroxyl groups is 1. The summed E-state index contributed by atoms with van der Waals surface area (Å²) in [5, 5.41) is 13.7. The summed E-state index contributed by atoms with van der Waals surface area (Å²) < 4.78 is 1.12. The second-order valence-electron chi connectivity index (χ2n) is 5.06. The van der Waals surface area contributed by atoms with E-state index in [-0.39, 0.29) is 6.04 Å². The minimum Gasteiger partial charge on any atom is -0.389 e. The van der Waals surface area contributed by atoms with Crippen LogP contribution in [0.25, 0.3) is 0 Å². The fourth-order valence-electron chi connectivity index (χ4n) is 2.49. The molecular weight excluding hydrogens is 278 g/mol. The highest BCUT2D eigenvalue weighted by atomic mass is 79.9. The molecule has 17 heavy (non-hydrogen) atoms. The summed E-state index contributed by atoms with van der Waals surface area (Å²) in [6.45, 7) is 2.83. The van der Waals surface area contributed by atoms with Crippen molar-refractivity contribution in [2.24, 2.45) is 0 Å². The minimum absolute atomic E-state index is 0.259. The highest BCUT2D eigenvalue weighted by Crippen LogP contribution is 2.30. The molecule has 0 spiro atoms. The Morgan fingerprint density at radius 2 is 2.00 bits per heavy atom. The second-order valence-corrected chi connectivity index (χ2v) is 5.91. The molecule has 2 rings (SSSR count). The molecule has 2 nitrogen and oxygen atoms in total. The van der Waals surface area contributed by atoms with Gasteiger partial charge in [-0.15, -0.1) is 0 Å². The largest absolute Gasteiger partial charge is 0.389 e. The Balaban J connectivity index is 1.93. The van der Waals surface area contributed by atoms with Gasteiger partial charge in [0.05, 0.1) is 5.60 Å². The van der Waals surface area contributed by atoms with Gasteiger partial charge in [-0.2, -0.15) is 0 Å². The maximum atomic E-state index is 10.3. The highest BCUT2D eigenvalue weighted by Gasteiger charge is 2.31. The van der Waals surface area contributed by atoms with Gasteiger partial charge in [0.2, 0.25) is 0 Å². The van der Waals surface area contributed by atoms with E-state index in [1.807, 2.05) is 12.1 Å². The second kappa shape index (κ2) is 5.51. The fourth-order valence-corrected chi connectivity index (χ4v) is 3.12. The van der Waals surface area contributed by atoms with Crippen molar-refractivity contribution in [3.05, 3.63) is 34.3 Å². The van der Waals surface area contributed by atoms with Crippen molar-refractivity contribution in [2.75, 3.05) is 6.54 Å². The monoisotopic (exact) mass is 297 g/mol. The van der Waals surface area contributed by atoms with E-state index in [4.69, 9.17) is 0 Å². The molecule has 0 bridgehead atoms. The first-order chi connectivity index (χ1) is 8.11. The smallest absolute Gasteiger partial charge is 0.0771 e. The number of hydrogen-bond acceptors (Lipinski definition) is 2. The normalized spacial score (nSPS) is 20.4. The van der Waals surface area contributed by atoms with E-state index in [1.54, 1.807) is 0 Å². The summed E-state index contributed by atoms with van der Waals surface area (Å²) in [5.41, 5.74) is 0.768. The molecule has 0 unspecified atom stereocenters. The van der Waals surface area contributed by atoms with Gasteiger partial charge in [0.25, 0.3) is 0 Å². The minimum atomic E-state index is -0.477. The number of hydrogen-bond donors (Lipinski definition) is 2. The predicted octanol–water partition coefficient (Wildman–Crippen LogP) is 3.40. The molecule has 2 N–H and O–H groups in total. The molecule has 1 aromatic carbocycles. The molecule has 1 atom stereocenters. The lowest BCUT2D eigenvalue weighted by Crippen LogP contribution is -2.39.